The predicted octanol–water partition coefficient (Wildman–Crippen LogP) is 2.24. The molecule has 1 unspecified atom stereocenters. The van der Waals surface area contributed by atoms with Crippen molar-refractivity contribution in [1.29, 1.82) is 0 Å². The predicted molar refractivity (Wildman–Crippen MR) is 58.6 cm³/mol. The minimum atomic E-state index is -2.06. The maximum absolute atomic E-state index is 10.5. The maximum Gasteiger partial charge on any atom is 0.0849 e. The molecule has 1 atom stereocenters. The molecule has 3 nitrogen and oxygen atoms in total. The van der Waals surface area contributed by atoms with Crippen molar-refractivity contribution in [3.8, 4) is 0 Å². The zero-order valence-electron chi connectivity index (χ0n) is 7.14. The van der Waals surface area contributed by atoms with Gasteiger partial charge in [-0.3, -0.25) is 4.21 Å². The van der Waals surface area contributed by atoms with Crippen LogP contribution in [0.3, 0.4) is 0 Å². The minimum Gasteiger partial charge on any atom is -0.771 e. The summed E-state index contributed by atoms with van der Waals surface area (Å²) in [4.78, 5) is 0. The second-order valence-corrected chi connectivity index (χ2v) is 4.70. The van der Waals surface area contributed by atoms with Gasteiger partial charge in [-0.15, -0.1) is 0 Å². The molecule has 0 N–H and O–H groups in total. The molecule has 2 rings (SSSR count). The summed E-state index contributed by atoms with van der Waals surface area (Å²) in [5, 5.41) is 1.03. The number of hydrogen-bond acceptors (Lipinski definition) is 2. The van der Waals surface area contributed by atoms with E-state index in [-0.39, 0.29) is 5.88 Å². The number of benzene rings is 1. The molecule has 0 aliphatic heterocycles. The van der Waals surface area contributed by atoms with Gasteiger partial charge in [0.25, 0.3) is 0 Å². The van der Waals surface area contributed by atoms with E-state index >= 15 is 0 Å². The molecule has 0 aliphatic rings. The number of fused-ring (bicyclic) bond motifs is 1. The Morgan fingerprint density at radius 2 is 2.21 bits per heavy atom. The average Bonchev–Trinajstić information content (AvgIpc) is 2.47. The Hall–Kier alpha value is -0.650. The van der Waals surface area contributed by atoms with Gasteiger partial charge in [0, 0.05) is 21.6 Å². The monoisotopic (exact) mass is 272 g/mol. The molecule has 1 aromatic heterocycles. The second-order valence-electron chi connectivity index (χ2n) is 2.92. The quantitative estimate of drug-likeness (QED) is 0.788. The van der Waals surface area contributed by atoms with E-state index in [4.69, 9.17) is 0 Å². The van der Waals surface area contributed by atoms with Crippen LogP contribution in [-0.4, -0.2) is 13.3 Å². The fourth-order valence-corrected chi connectivity index (χ4v) is 2.23. The molecule has 5 heteroatoms. The van der Waals surface area contributed by atoms with Gasteiger partial charge in [-0.05, 0) is 35.3 Å². The molecule has 1 aromatic carbocycles. The van der Waals surface area contributed by atoms with Gasteiger partial charge in [0.2, 0.25) is 0 Å². The first kappa shape index (κ1) is 9.89. The molecule has 1 heterocycles. The number of hydrogen-bond donors (Lipinski definition) is 0. The fourth-order valence-electron chi connectivity index (χ4n) is 1.40. The Labute approximate surface area is 92.1 Å². The maximum atomic E-state index is 10.5. The molecule has 0 amide bonds. The highest BCUT2D eigenvalue weighted by atomic mass is 79.9. The summed E-state index contributed by atoms with van der Waals surface area (Å²) in [6.45, 7) is 0. The van der Waals surface area contributed by atoms with E-state index in [1.165, 1.54) is 0 Å². The molecule has 74 valence electrons. The largest absolute Gasteiger partial charge is 0.771 e. The van der Waals surface area contributed by atoms with Crippen LogP contribution in [0, 0.1) is 0 Å². The van der Waals surface area contributed by atoms with Gasteiger partial charge < -0.3 is 9.12 Å². The van der Waals surface area contributed by atoms with Gasteiger partial charge in [0.1, 0.15) is 0 Å². The van der Waals surface area contributed by atoms with E-state index in [2.05, 4.69) is 15.9 Å². The first-order chi connectivity index (χ1) is 6.66. The Kier molecular flexibility index (Phi) is 2.71. The van der Waals surface area contributed by atoms with Crippen molar-refractivity contribution >= 4 is 37.9 Å². The average molecular weight is 273 g/mol. The highest BCUT2D eigenvalue weighted by Crippen LogP contribution is 2.20. The molecule has 0 radical (unpaired) electrons. The third kappa shape index (κ3) is 1.89. The van der Waals surface area contributed by atoms with Crippen molar-refractivity contribution < 1.29 is 8.76 Å². The molecule has 14 heavy (non-hydrogen) atoms. The highest BCUT2D eigenvalue weighted by molar-refractivity contribution is 9.10. The zero-order valence-corrected chi connectivity index (χ0v) is 9.55. The molecule has 0 saturated carbocycles. The van der Waals surface area contributed by atoms with Crippen LogP contribution < -0.4 is 0 Å². The van der Waals surface area contributed by atoms with E-state index < -0.39 is 11.1 Å². The van der Waals surface area contributed by atoms with Gasteiger partial charge in [0.05, 0.1) is 5.88 Å². The van der Waals surface area contributed by atoms with E-state index in [0.29, 0.717) is 0 Å². The fraction of sp³-hybridized carbons (Fsp3) is 0.111. The number of halogens is 1. The lowest BCUT2D eigenvalue weighted by Crippen LogP contribution is -2.01. The smallest absolute Gasteiger partial charge is 0.0849 e. The lowest BCUT2D eigenvalue weighted by Gasteiger charge is -2.07. The Morgan fingerprint density at radius 1 is 1.43 bits per heavy atom. The van der Waals surface area contributed by atoms with Crippen molar-refractivity contribution in [1.82, 2.24) is 4.57 Å². The Bertz CT molecular complexity index is 495. The molecule has 0 bridgehead atoms. The summed E-state index contributed by atoms with van der Waals surface area (Å²) in [5.41, 5.74) is 0.928. The van der Waals surface area contributed by atoms with Crippen LogP contribution in [0.25, 0.3) is 10.9 Å². The van der Waals surface area contributed by atoms with Crippen LogP contribution in [0.2, 0.25) is 0 Å². The van der Waals surface area contributed by atoms with Gasteiger partial charge in [0.15, 0.2) is 0 Å². The van der Waals surface area contributed by atoms with E-state index in [0.717, 1.165) is 15.4 Å². The Balaban J connectivity index is 2.52. The van der Waals surface area contributed by atoms with E-state index in [1.807, 2.05) is 24.3 Å². The molecular weight excluding hydrogens is 266 g/mol. The summed E-state index contributed by atoms with van der Waals surface area (Å²) in [6.07, 6.45) is 1.77. The van der Waals surface area contributed by atoms with Gasteiger partial charge >= 0.3 is 0 Å². The molecule has 0 aliphatic carbocycles. The standard InChI is InChI=1S/C9H8BrNO2S/c10-8-1-2-9-7(5-8)3-4-11(9)6-14(12)13/h1-5H,6H2,(H,12,13)/p-1. The molecule has 2 aromatic rings. The van der Waals surface area contributed by atoms with Crippen LogP contribution in [0.1, 0.15) is 0 Å². The first-order valence-corrected chi connectivity index (χ1v) is 6.01. The van der Waals surface area contributed by atoms with Crippen LogP contribution in [0.4, 0.5) is 0 Å². The lowest BCUT2D eigenvalue weighted by molar-refractivity contribution is 0.527. The van der Waals surface area contributed by atoms with Gasteiger partial charge in [-0.2, -0.15) is 0 Å². The second kappa shape index (κ2) is 3.84. The first-order valence-electron chi connectivity index (χ1n) is 3.97. The van der Waals surface area contributed by atoms with Crippen LogP contribution in [-0.2, 0) is 17.0 Å². The zero-order chi connectivity index (χ0) is 10.1. The molecule has 0 fully saturated rings. The number of aromatic nitrogens is 1. The number of rotatable bonds is 2. The van der Waals surface area contributed by atoms with Crippen molar-refractivity contribution in [2.75, 3.05) is 0 Å². The summed E-state index contributed by atoms with van der Waals surface area (Å²) in [6, 6.07) is 7.64. The summed E-state index contributed by atoms with van der Waals surface area (Å²) in [5.74, 6) is 0.00509. The molecule has 0 saturated heterocycles. The summed E-state index contributed by atoms with van der Waals surface area (Å²) < 4.78 is 23.8. The minimum absolute atomic E-state index is 0.00509. The van der Waals surface area contributed by atoms with E-state index in [1.54, 1.807) is 10.8 Å². The van der Waals surface area contributed by atoms with Gasteiger partial charge in [-0.25, -0.2) is 0 Å². The highest BCUT2D eigenvalue weighted by Gasteiger charge is 2.00. The van der Waals surface area contributed by atoms with Crippen LogP contribution in [0.5, 0.6) is 0 Å². The topological polar surface area (TPSA) is 45.1 Å². The third-order valence-electron chi connectivity index (χ3n) is 1.98. The summed E-state index contributed by atoms with van der Waals surface area (Å²) in [7, 11) is 0. The molecular formula is C9H7BrNO2S-. The van der Waals surface area contributed by atoms with Crippen LogP contribution in [0.15, 0.2) is 34.9 Å². The summed E-state index contributed by atoms with van der Waals surface area (Å²) >= 11 is 1.31. The van der Waals surface area contributed by atoms with Crippen molar-refractivity contribution in [2.24, 2.45) is 0 Å². The molecule has 0 spiro atoms. The normalized spacial score (nSPS) is 13.3. The van der Waals surface area contributed by atoms with Crippen molar-refractivity contribution in [2.45, 2.75) is 5.88 Å². The lowest BCUT2D eigenvalue weighted by atomic mass is 10.2. The third-order valence-corrected chi connectivity index (χ3v) is 2.96. The SMILES string of the molecule is O=S([O-])Cn1ccc2cc(Br)ccc21. The van der Waals surface area contributed by atoms with E-state index in [9.17, 15) is 8.76 Å². The van der Waals surface area contributed by atoms with Crippen molar-refractivity contribution in [3.05, 3.63) is 34.9 Å². The Morgan fingerprint density at radius 3 is 2.93 bits per heavy atom. The number of nitrogens with zero attached hydrogens (tertiary/aromatic N) is 1. The van der Waals surface area contributed by atoms with Crippen molar-refractivity contribution in [3.63, 3.8) is 0 Å². The van der Waals surface area contributed by atoms with Gasteiger partial charge in [-0.1, -0.05) is 15.9 Å². The van der Waals surface area contributed by atoms with Crippen LogP contribution >= 0.6 is 15.9 Å².